The second-order valence-corrected chi connectivity index (χ2v) is 14.4. The van der Waals surface area contributed by atoms with E-state index in [1.807, 2.05) is 0 Å². The van der Waals surface area contributed by atoms with Crippen LogP contribution in [0.15, 0.2) is 0 Å². The van der Waals surface area contributed by atoms with Crippen LogP contribution in [0.3, 0.4) is 0 Å². The van der Waals surface area contributed by atoms with Crippen molar-refractivity contribution >= 4 is 5.97 Å². The van der Waals surface area contributed by atoms with Gasteiger partial charge in [0.1, 0.15) is 5.60 Å². The highest BCUT2D eigenvalue weighted by Gasteiger charge is 2.68. The lowest BCUT2D eigenvalue weighted by atomic mass is 9.50. The van der Waals surface area contributed by atoms with Crippen molar-refractivity contribution in [2.45, 2.75) is 142 Å². The molecule has 0 aromatic heterocycles. The first-order valence-electron chi connectivity index (χ1n) is 14.2. The Morgan fingerprint density at radius 2 is 1.34 bits per heavy atom. The van der Waals surface area contributed by atoms with Crippen LogP contribution < -0.4 is 0 Å². The lowest BCUT2D eigenvalue weighted by molar-refractivity contribution is -0.332. The molecule has 5 unspecified atom stereocenters. The van der Waals surface area contributed by atoms with Gasteiger partial charge in [0.25, 0.3) is 0 Å². The van der Waals surface area contributed by atoms with Crippen LogP contribution in [-0.2, 0) is 28.5 Å². The van der Waals surface area contributed by atoms with E-state index in [-0.39, 0.29) is 41.1 Å². The highest BCUT2D eigenvalue weighted by Crippen LogP contribution is 2.64. The van der Waals surface area contributed by atoms with Crippen LogP contribution in [0.5, 0.6) is 0 Å². The van der Waals surface area contributed by atoms with Crippen molar-refractivity contribution in [1.29, 1.82) is 0 Å². The van der Waals surface area contributed by atoms with Crippen molar-refractivity contribution in [3.05, 3.63) is 0 Å². The van der Waals surface area contributed by atoms with Gasteiger partial charge in [0.2, 0.25) is 0 Å². The lowest BCUT2D eigenvalue weighted by Crippen LogP contribution is -2.69. The first-order valence-corrected chi connectivity index (χ1v) is 14.2. The van der Waals surface area contributed by atoms with E-state index in [1.165, 1.54) is 0 Å². The SMILES string of the molecule is CC(C)C(C)(CC(C)(C)C)C(=O)OC12CC3CC(OC4CCCO4)(C1)CC(OC1CCCO1)(C3)C2. The Hall–Kier alpha value is -0.690. The molecule has 2 aliphatic heterocycles. The highest BCUT2D eigenvalue weighted by molar-refractivity contribution is 5.77. The van der Waals surface area contributed by atoms with Gasteiger partial charge in [-0.3, -0.25) is 4.79 Å². The Kier molecular flexibility index (Phi) is 6.64. The summed E-state index contributed by atoms with van der Waals surface area (Å²) in [4.78, 5) is 14.0. The third-order valence-corrected chi connectivity index (χ3v) is 9.40. The van der Waals surface area contributed by atoms with E-state index in [2.05, 4.69) is 41.5 Å². The average Bonchev–Trinajstić information content (AvgIpc) is 3.38. The fourth-order valence-corrected chi connectivity index (χ4v) is 8.32. The molecule has 5 atom stereocenters. The van der Waals surface area contributed by atoms with E-state index in [0.29, 0.717) is 5.92 Å². The number of rotatable bonds is 8. The zero-order valence-corrected chi connectivity index (χ0v) is 23.0. The minimum atomic E-state index is -0.540. The summed E-state index contributed by atoms with van der Waals surface area (Å²) in [5.74, 6) is 0.566. The molecule has 0 aromatic rings. The van der Waals surface area contributed by atoms with E-state index in [1.54, 1.807) is 0 Å². The number of carbonyl (C=O) groups is 1. The van der Waals surface area contributed by atoms with E-state index in [4.69, 9.17) is 23.7 Å². The molecular weight excluding hydrogens is 444 g/mol. The summed E-state index contributed by atoms with van der Waals surface area (Å²) in [7, 11) is 0. The molecule has 0 radical (unpaired) electrons. The molecule has 4 bridgehead atoms. The normalized spacial score (nSPS) is 42.5. The van der Waals surface area contributed by atoms with Gasteiger partial charge in [-0.1, -0.05) is 34.6 Å². The molecule has 2 saturated heterocycles. The fraction of sp³-hybridized carbons (Fsp3) is 0.966. The van der Waals surface area contributed by atoms with Crippen molar-refractivity contribution in [2.75, 3.05) is 13.2 Å². The summed E-state index contributed by atoms with van der Waals surface area (Å²) in [5.41, 5.74) is -1.75. The van der Waals surface area contributed by atoms with Gasteiger partial charge >= 0.3 is 5.97 Å². The fourth-order valence-electron chi connectivity index (χ4n) is 8.32. The Balaban J connectivity index is 1.43. The molecule has 6 fully saturated rings. The smallest absolute Gasteiger partial charge is 0.312 e. The number of carbonyl (C=O) groups excluding carboxylic acids is 1. The van der Waals surface area contributed by atoms with E-state index >= 15 is 0 Å². The number of esters is 1. The van der Waals surface area contributed by atoms with Gasteiger partial charge in [-0.25, -0.2) is 0 Å². The van der Waals surface area contributed by atoms with Gasteiger partial charge in [0.15, 0.2) is 12.6 Å². The van der Waals surface area contributed by atoms with Crippen molar-refractivity contribution in [2.24, 2.45) is 22.7 Å². The van der Waals surface area contributed by atoms with E-state index < -0.39 is 11.0 Å². The molecule has 200 valence electrons. The minimum absolute atomic E-state index is 0.0355. The lowest BCUT2D eigenvalue weighted by Gasteiger charge is -2.65. The predicted molar refractivity (Wildman–Crippen MR) is 133 cm³/mol. The van der Waals surface area contributed by atoms with E-state index in [9.17, 15) is 4.79 Å². The molecule has 4 saturated carbocycles. The van der Waals surface area contributed by atoms with Gasteiger partial charge in [0, 0.05) is 45.3 Å². The first-order chi connectivity index (χ1) is 16.3. The van der Waals surface area contributed by atoms with Gasteiger partial charge < -0.3 is 23.7 Å². The average molecular weight is 493 g/mol. The number of ether oxygens (including phenoxy) is 5. The van der Waals surface area contributed by atoms with Crippen molar-refractivity contribution in [3.8, 4) is 0 Å². The molecule has 6 rings (SSSR count). The maximum Gasteiger partial charge on any atom is 0.312 e. The predicted octanol–water partition coefficient (Wildman–Crippen LogP) is 6.15. The summed E-state index contributed by atoms with van der Waals surface area (Å²) in [6.07, 6.45) is 9.73. The molecule has 6 heteroatoms. The van der Waals surface area contributed by atoms with Crippen molar-refractivity contribution in [3.63, 3.8) is 0 Å². The summed E-state index contributed by atoms with van der Waals surface area (Å²) < 4.78 is 32.1. The third-order valence-electron chi connectivity index (χ3n) is 9.40. The molecule has 6 aliphatic rings. The second kappa shape index (κ2) is 8.96. The summed E-state index contributed by atoms with van der Waals surface area (Å²) in [6.45, 7) is 14.6. The molecule has 4 aliphatic carbocycles. The molecule has 0 aromatic carbocycles. The molecule has 35 heavy (non-hydrogen) atoms. The maximum absolute atomic E-state index is 14.0. The van der Waals surface area contributed by atoms with Crippen molar-refractivity contribution in [1.82, 2.24) is 0 Å². The standard InChI is InChI=1S/C29H48O6/c1-20(2)26(6,16-25(3,4)5)24(30)35-29-15-21-13-27(18-29,33-22-9-7-11-31-22)17-28(14-21,19-29)34-23-10-8-12-32-23/h20-23H,7-19H2,1-6H3. The summed E-state index contributed by atoms with van der Waals surface area (Å²) in [5, 5.41) is 0. The maximum atomic E-state index is 14.0. The second-order valence-electron chi connectivity index (χ2n) is 14.4. The zero-order valence-electron chi connectivity index (χ0n) is 23.0. The van der Waals surface area contributed by atoms with Crippen LogP contribution in [0.1, 0.15) is 112 Å². The number of hydrogen-bond acceptors (Lipinski definition) is 6. The van der Waals surface area contributed by atoms with Crippen molar-refractivity contribution < 1.29 is 28.5 Å². The molecule has 0 spiro atoms. The minimum Gasteiger partial charge on any atom is -0.458 e. The largest absolute Gasteiger partial charge is 0.458 e. The summed E-state index contributed by atoms with van der Waals surface area (Å²) in [6, 6.07) is 0. The van der Waals surface area contributed by atoms with Gasteiger partial charge in [-0.2, -0.15) is 0 Å². The third kappa shape index (κ3) is 5.19. The zero-order chi connectivity index (χ0) is 25.1. The molecular formula is C29H48O6. The first kappa shape index (κ1) is 25.9. The van der Waals surface area contributed by atoms with Crippen LogP contribution in [0.4, 0.5) is 0 Å². The van der Waals surface area contributed by atoms with Gasteiger partial charge in [0.05, 0.1) is 16.6 Å². The Bertz CT molecular complexity index is 755. The molecule has 6 nitrogen and oxygen atoms in total. The quantitative estimate of drug-likeness (QED) is 0.379. The topological polar surface area (TPSA) is 63.2 Å². The highest BCUT2D eigenvalue weighted by atomic mass is 16.7. The molecule has 2 heterocycles. The van der Waals surface area contributed by atoms with Crippen LogP contribution in [0, 0.1) is 22.7 Å². The van der Waals surface area contributed by atoms with E-state index in [0.717, 1.165) is 83.8 Å². The number of hydrogen-bond donors (Lipinski definition) is 0. The Morgan fingerprint density at radius 1 is 0.857 bits per heavy atom. The molecule has 0 N–H and O–H groups in total. The Morgan fingerprint density at radius 3 is 1.77 bits per heavy atom. The van der Waals surface area contributed by atoms with Crippen LogP contribution >= 0.6 is 0 Å². The van der Waals surface area contributed by atoms with Crippen LogP contribution in [0.2, 0.25) is 0 Å². The van der Waals surface area contributed by atoms with Crippen LogP contribution in [0.25, 0.3) is 0 Å². The molecule has 0 amide bonds. The monoisotopic (exact) mass is 492 g/mol. The summed E-state index contributed by atoms with van der Waals surface area (Å²) >= 11 is 0. The van der Waals surface area contributed by atoms with Crippen LogP contribution in [-0.4, -0.2) is 48.6 Å². The van der Waals surface area contributed by atoms with Gasteiger partial charge in [-0.05, 0) is 62.7 Å². The van der Waals surface area contributed by atoms with Gasteiger partial charge in [-0.15, -0.1) is 0 Å². The Labute approximate surface area is 212 Å².